The molecule has 92 valence electrons. The summed E-state index contributed by atoms with van der Waals surface area (Å²) < 4.78 is 3.83. The average Bonchev–Trinajstić information content (AvgIpc) is 2.65. The topological polar surface area (TPSA) is 78.7 Å². The predicted octanol–water partition coefficient (Wildman–Crippen LogP) is 1.87. The van der Waals surface area contributed by atoms with Gasteiger partial charge in [0, 0.05) is 11.5 Å². The van der Waals surface area contributed by atoms with E-state index >= 15 is 0 Å². The molecule has 0 radical (unpaired) electrons. The molecule has 1 aromatic rings. The highest BCUT2D eigenvalue weighted by molar-refractivity contribution is 7.08. The fraction of sp³-hybridized carbons (Fsp3) is 0.636. The Balaban J connectivity index is 2.84. The van der Waals surface area contributed by atoms with Gasteiger partial charge >= 0.3 is 0 Å². The standard InChI is InChI=1S/C11H16N4OS/c1-7(5-6-12)13-10(16)8-9(11(2,3)4)14-15-17-8/h7H,5H2,1-4H3,(H,13,16). The van der Waals surface area contributed by atoms with Crippen molar-refractivity contribution in [1.82, 2.24) is 14.9 Å². The van der Waals surface area contributed by atoms with E-state index in [0.29, 0.717) is 17.0 Å². The SMILES string of the molecule is CC(CC#N)NC(=O)c1snnc1C(C)(C)C. The van der Waals surface area contributed by atoms with Crippen LogP contribution in [0, 0.1) is 11.3 Å². The highest BCUT2D eigenvalue weighted by Gasteiger charge is 2.26. The number of nitriles is 1. The maximum atomic E-state index is 12.0. The van der Waals surface area contributed by atoms with E-state index in [1.807, 2.05) is 26.8 Å². The van der Waals surface area contributed by atoms with Crippen LogP contribution >= 0.6 is 11.5 Å². The zero-order chi connectivity index (χ0) is 13.1. The molecule has 1 amide bonds. The van der Waals surface area contributed by atoms with Gasteiger partial charge in [-0.15, -0.1) is 5.10 Å². The molecule has 0 spiro atoms. The first-order chi connectivity index (χ1) is 7.86. The van der Waals surface area contributed by atoms with Gasteiger partial charge in [-0.3, -0.25) is 4.79 Å². The molecule has 1 unspecified atom stereocenters. The van der Waals surface area contributed by atoms with Gasteiger partial charge in [-0.2, -0.15) is 5.26 Å². The van der Waals surface area contributed by atoms with Crippen molar-refractivity contribution < 1.29 is 4.79 Å². The highest BCUT2D eigenvalue weighted by atomic mass is 32.1. The summed E-state index contributed by atoms with van der Waals surface area (Å²) in [5.41, 5.74) is 0.488. The van der Waals surface area contributed by atoms with E-state index < -0.39 is 0 Å². The van der Waals surface area contributed by atoms with E-state index in [2.05, 4.69) is 14.9 Å². The second kappa shape index (κ2) is 5.23. The van der Waals surface area contributed by atoms with Crippen molar-refractivity contribution in [3.63, 3.8) is 0 Å². The smallest absolute Gasteiger partial charge is 0.265 e. The molecule has 0 saturated carbocycles. The summed E-state index contributed by atoms with van der Waals surface area (Å²) in [6.07, 6.45) is 0.294. The molecule has 6 heteroatoms. The zero-order valence-corrected chi connectivity index (χ0v) is 11.3. The lowest BCUT2D eigenvalue weighted by Crippen LogP contribution is -2.33. The Bertz CT molecular complexity index is 441. The Morgan fingerprint density at radius 2 is 2.24 bits per heavy atom. The van der Waals surface area contributed by atoms with Gasteiger partial charge in [0.15, 0.2) is 0 Å². The third kappa shape index (κ3) is 3.49. The lowest BCUT2D eigenvalue weighted by Gasteiger charge is -2.17. The van der Waals surface area contributed by atoms with Crippen LogP contribution in [-0.2, 0) is 5.41 Å². The summed E-state index contributed by atoms with van der Waals surface area (Å²) >= 11 is 1.09. The van der Waals surface area contributed by atoms with Crippen molar-refractivity contribution in [2.24, 2.45) is 0 Å². The van der Waals surface area contributed by atoms with Crippen molar-refractivity contribution in [2.45, 2.75) is 45.6 Å². The number of rotatable bonds is 3. The molecule has 0 fully saturated rings. The molecule has 0 aromatic carbocycles. The Morgan fingerprint density at radius 1 is 1.59 bits per heavy atom. The minimum absolute atomic E-state index is 0.164. The minimum atomic E-state index is -0.210. The number of carbonyl (C=O) groups is 1. The number of amides is 1. The average molecular weight is 252 g/mol. The quantitative estimate of drug-likeness (QED) is 0.890. The molecule has 0 bridgehead atoms. The van der Waals surface area contributed by atoms with Crippen LogP contribution in [0.15, 0.2) is 0 Å². The van der Waals surface area contributed by atoms with Gasteiger partial charge in [-0.05, 0) is 18.5 Å². The molecule has 17 heavy (non-hydrogen) atoms. The monoisotopic (exact) mass is 252 g/mol. The van der Waals surface area contributed by atoms with Gasteiger partial charge < -0.3 is 5.32 Å². The number of nitrogens with zero attached hydrogens (tertiary/aromatic N) is 3. The first-order valence-electron chi connectivity index (χ1n) is 5.37. The number of hydrogen-bond acceptors (Lipinski definition) is 5. The molecule has 0 aliphatic rings. The van der Waals surface area contributed by atoms with Crippen LogP contribution in [0.5, 0.6) is 0 Å². The maximum absolute atomic E-state index is 12.0. The summed E-state index contributed by atoms with van der Waals surface area (Å²) in [7, 11) is 0. The fourth-order valence-electron chi connectivity index (χ4n) is 1.31. The zero-order valence-electron chi connectivity index (χ0n) is 10.4. The molecular formula is C11H16N4OS. The second-order valence-corrected chi connectivity index (χ2v) is 5.69. The predicted molar refractivity (Wildman–Crippen MR) is 65.8 cm³/mol. The molecule has 1 rings (SSSR count). The molecule has 1 aromatic heterocycles. The van der Waals surface area contributed by atoms with E-state index in [-0.39, 0.29) is 17.4 Å². The normalized spacial score (nSPS) is 12.9. The third-order valence-electron chi connectivity index (χ3n) is 2.18. The van der Waals surface area contributed by atoms with Crippen LogP contribution < -0.4 is 5.32 Å². The van der Waals surface area contributed by atoms with Gasteiger partial charge in [0.2, 0.25) is 0 Å². The van der Waals surface area contributed by atoms with Gasteiger partial charge in [0.1, 0.15) is 4.88 Å². The Labute approximate surface area is 105 Å². The number of nitrogens with one attached hydrogen (secondary N) is 1. The van der Waals surface area contributed by atoms with E-state index in [1.165, 1.54) is 0 Å². The summed E-state index contributed by atoms with van der Waals surface area (Å²) in [5.74, 6) is -0.201. The van der Waals surface area contributed by atoms with Gasteiger partial charge in [-0.25, -0.2) is 0 Å². The molecule has 0 saturated heterocycles. The Morgan fingerprint density at radius 3 is 2.76 bits per heavy atom. The molecule has 0 aliphatic heterocycles. The lowest BCUT2D eigenvalue weighted by molar-refractivity contribution is 0.0942. The van der Waals surface area contributed by atoms with Crippen molar-refractivity contribution >= 4 is 17.4 Å². The van der Waals surface area contributed by atoms with E-state index in [0.717, 1.165) is 11.5 Å². The van der Waals surface area contributed by atoms with Gasteiger partial charge in [0.05, 0.1) is 18.2 Å². The van der Waals surface area contributed by atoms with Crippen molar-refractivity contribution in [3.05, 3.63) is 10.6 Å². The van der Waals surface area contributed by atoms with Crippen LogP contribution in [0.1, 0.15) is 49.5 Å². The summed E-state index contributed by atoms with van der Waals surface area (Å²) in [4.78, 5) is 12.5. The molecule has 0 aliphatic carbocycles. The maximum Gasteiger partial charge on any atom is 0.265 e. The fourth-order valence-corrected chi connectivity index (χ4v) is 2.09. The summed E-state index contributed by atoms with van der Waals surface area (Å²) in [6, 6.07) is 1.86. The van der Waals surface area contributed by atoms with E-state index in [1.54, 1.807) is 6.92 Å². The molecule has 1 N–H and O–H groups in total. The second-order valence-electron chi connectivity index (χ2n) is 4.94. The molecule has 5 nitrogen and oxygen atoms in total. The van der Waals surface area contributed by atoms with Crippen LogP contribution in [-0.4, -0.2) is 21.5 Å². The first kappa shape index (κ1) is 13.6. The van der Waals surface area contributed by atoms with Gasteiger partial charge in [0.25, 0.3) is 5.91 Å². The van der Waals surface area contributed by atoms with E-state index in [4.69, 9.17) is 5.26 Å². The number of hydrogen-bond donors (Lipinski definition) is 1. The van der Waals surface area contributed by atoms with E-state index in [9.17, 15) is 4.79 Å². The number of carbonyl (C=O) groups excluding carboxylic acids is 1. The molecule has 1 atom stereocenters. The lowest BCUT2D eigenvalue weighted by atomic mass is 9.91. The third-order valence-corrected chi connectivity index (χ3v) is 2.90. The molecule has 1 heterocycles. The number of aromatic nitrogens is 2. The summed E-state index contributed by atoms with van der Waals surface area (Å²) in [5, 5.41) is 15.3. The Kier molecular flexibility index (Phi) is 4.18. The Hall–Kier alpha value is -1.48. The van der Waals surface area contributed by atoms with Crippen LogP contribution in [0.3, 0.4) is 0 Å². The van der Waals surface area contributed by atoms with Crippen molar-refractivity contribution in [1.29, 1.82) is 5.26 Å². The molecular weight excluding hydrogens is 236 g/mol. The highest BCUT2D eigenvalue weighted by Crippen LogP contribution is 2.25. The minimum Gasteiger partial charge on any atom is -0.348 e. The van der Waals surface area contributed by atoms with Crippen molar-refractivity contribution in [2.75, 3.05) is 0 Å². The first-order valence-corrected chi connectivity index (χ1v) is 6.14. The van der Waals surface area contributed by atoms with Crippen LogP contribution in [0.2, 0.25) is 0 Å². The summed E-state index contributed by atoms with van der Waals surface area (Å²) in [6.45, 7) is 7.75. The van der Waals surface area contributed by atoms with Gasteiger partial charge in [-0.1, -0.05) is 25.3 Å². The van der Waals surface area contributed by atoms with Crippen molar-refractivity contribution in [3.8, 4) is 6.07 Å². The van der Waals surface area contributed by atoms with Crippen LogP contribution in [0.25, 0.3) is 0 Å². The van der Waals surface area contributed by atoms with Crippen LogP contribution in [0.4, 0.5) is 0 Å². The largest absolute Gasteiger partial charge is 0.348 e.